The normalized spacial score (nSPS) is 10.9. The number of hydrogen-bond acceptors (Lipinski definition) is 3. The van der Waals surface area contributed by atoms with Crippen molar-refractivity contribution in [3.8, 4) is 0 Å². The highest BCUT2D eigenvalue weighted by atomic mass is 16.4. The van der Waals surface area contributed by atoms with E-state index in [4.69, 9.17) is 5.11 Å². The number of hydrogen-bond donors (Lipinski definition) is 3. The van der Waals surface area contributed by atoms with Crippen LogP contribution < -0.4 is 10.6 Å². The Bertz CT molecular complexity index is 817. The summed E-state index contributed by atoms with van der Waals surface area (Å²) in [6.45, 7) is 0.409. The number of aliphatic carboxylic acids is 1. The molecule has 6 nitrogen and oxygen atoms in total. The molecular weight excluding hydrogens is 356 g/mol. The monoisotopic (exact) mass is 380 g/mol. The van der Waals surface area contributed by atoms with E-state index in [2.05, 4.69) is 10.6 Å². The third-order valence-corrected chi connectivity index (χ3v) is 3.99. The minimum atomic E-state index is -0.819. The maximum absolute atomic E-state index is 12.6. The Kier molecular flexibility index (Phi) is 8.46. The summed E-state index contributed by atoms with van der Waals surface area (Å²) >= 11 is 0. The fourth-order valence-electron chi connectivity index (χ4n) is 2.53. The van der Waals surface area contributed by atoms with Crippen LogP contribution in [0.1, 0.15) is 41.6 Å². The summed E-state index contributed by atoms with van der Waals surface area (Å²) in [5.74, 6) is -1.56. The number of rotatable bonds is 10. The van der Waals surface area contributed by atoms with Gasteiger partial charge in [0.15, 0.2) is 0 Å². The quantitative estimate of drug-likeness (QED) is 0.436. The van der Waals surface area contributed by atoms with Crippen molar-refractivity contribution in [2.45, 2.75) is 25.7 Å². The Morgan fingerprint density at radius 3 is 2.14 bits per heavy atom. The zero-order valence-corrected chi connectivity index (χ0v) is 15.6. The van der Waals surface area contributed by atoms with Crippen molar-refractivity contribution in [2.24, 2.45) is 0 Å². The minimum absolute atomic E-state index is 0.125. The molecule has 2 amide bonds. The molecule has 0 saturated heterocycles. The molecule has 2 aromatic rings. The molecule has 0 radical (unpaired) electrons. The number of carboxylic acid groups (broad SMARTS) is 1. The second kappa shape index (κ2) is 11.3. The lowest BCUT2D eigenvalue weighted by molar-refractivity contribution is -0.137. The summed E-state index contributed by atoms with van der Waals surface area (Å²) in [6, 6.07) is 17.9. The van der Waals surface area contributed by atoms with Crippen LogP contribution in [0.25, 0.3) is 6.08 Å². The molecule has 0 heterocycles. The third kappa shape index (κ3) is 7.45. The van der Waals surface area contributed by atoms with Gasteiger partial charge in [0.25, 0.3) is 11.8 Å². The standard InChI is InChI=1S/C22H24N2O4/c25-20(26)14-8-3-9-15-23-22(28)19(16-17-10-4-1-5-11-17)24-21(27)18-12-6-2-7-13-18/h1-2,4-7,10-13,16H,3,8-9,14-15H2,(H,23,28)(H,24,27)(H,25,26)/b19-16+. The summed E-state index contributed by atoms with van der Waals surface area (Å²) in [7, 11) is 0. The molecule has 0 aliphatic heterocycles. The van der Waals surface area contributed by atoms with E-state index in [1.807, 2.05) is 36.4 Å². The van der Waals surface area contributed by atoms with Gasteiger partial charge in [-0.25, -0.2) is 0 Å². The second-order valence-electron chi connectivity index (χ2n) is 6.25. The van der Waals surface area contributed by atoms with Crippen LogP contribution in [-0.4, -0.2) is 29.4 Å². The molecule has 0 unspecified atom stereocenters. The highest BCUT2D eigenvalue weighted by Gasteiger charge is 2.14. The lowest BCUT2D eigenvalue weighted by atomic mass is 10.1. The number of unbranched alkanes of at least 4 members (excludes halogenated alkanes) is 2. The van der Waals surface area contributed by atoms with Crippen LogP contribution in [0.3, 0.4) is 0 Å². The number of carbonyl (C=O) groups is 3. The van der Waals surface area contributed by atoms with Crippen LogP contribution in [0.5, 0.6) is 0 Å². The maximum atomic E-state index is 12.6. The van der Waals surface area contributed by atoms with E-state index >= 15 is 0 Å². The van der Waals surface area contributed by atoms with Crippen LogP contribution in [0, 0.1) is 0 Å². The molecule has 0 aromatic heterocycles. The maximum Gasteiger partial charge on any atom is 0.303 e. The van der Waals surface area contributed by atoms with Crippen LogP contribution in [0.4, 0.5) is 0 Å². The summed E-state index contributed by atoms with van der Waals surface area (Å²) in [5, 5.41) is 14.1. The van der Waals surface area contributed by atoms with Gasteiger partial charge in [0.1, 0.15) is 5.70 Å². The molecule has 0 saturated carbocycles. The van der Waals surface area contributed by atoms with Gasteiger partial charge in [0.05, 0.1) is 0 Å². The van der Waals surface area contributed by atoms with Crippen molar-refractivity contribution < 1.29 is 19.5 Å². The highest BCUT2D eigenvalue weighted by molar-refractivity contribution is 6.05. The number of benzene rings is 2. The van der Waals surface area contributed by atoms with Crippen molar-refractivity contribution in [1.29, 1.82) is 0 Å². The molecule has 0 spiro atoms. The lowest BCUT2D eigenvalue weighted by Gasteiger charge is -2.11. The van der Waals surface area contributed by atoms with Gasteiger partial charge in [-0.2, -0.15) is 0 Å². The van der Waals surface area contributed by atoms with Gasteiger partial charge in [-0.1, -0.05) is 55.0 Å². The Hall–Kier alpha value is -3.41. The third-order valence-electron chi connectivity index (χ3n) is 3.99. The van der Waals surface area contributed by atoms with E-state index < -0.39 is 5.97 Å². The smallest absolute Gasteiger partial charge is 0.303 e. The lowest BCUT2D eigenvalue weighted by Crippen LogP contribution is -2.35. The van der Waals surface area contributed by atoms with Crippen LogP contribution in [-0.2, 0) is 9.59 Å². The van der Waals surface area contributed by atoms with Gasteiger partial charge in [0, 0.05) is 18.5 Å². The fourth-order valence-corrected chi connectivity index (χ4v) is 2.53. The Balaban J connectivity index is 2.00. The van der Waals surface area contributed by atoms with Crippen molar-refractivity contribution in [3.05, 3.63) is 77.5 Å². The second-order valence-corrected chi connectivity index (χ2v) is 6.25. The molecule has 0 fully saturated rings. The summed E-state index contributed by atoms with van der Waals surface area (Å²) in [4.78, 5) is 35.5. The minimum Gasteiger partial charge on any atom is -0.481 e. The van der Waals surface area contributed by atoms with E-state index in [0.717, 1.165) is 5.56 Å². The first-order chi connectivity index (χ1) is 13.6. The van der Waals surface area contributed by atoms with Crippen molar-refractivity contribution >= 4 is 23.9 Å². The van der Waals surface area contributed by atoms with Crippen LogP contribution in [0.2, 0.25) is 0 Å². The Morgan fingerprint density at radius 1 is 0.857 bits per heavy atom. The van der Waals surface area contributed by atoms with Gasteiger partial charge in [-0.3, -0.25) is 14.4 Å². The predicted octanol–water partition coefficient (Wildman–Crippen LogP) is 3.22. The van der Waals surface area contributed by atoms with Crippen molar-refractivity contribution in [1.82, 2.24) is 10.6 Å². The van der Waals surface area contributed by atoms with Crippen molar-refractivity contribution in [3.63, 3.8) is 0 Å². The average Bonchev–Trinajstić information content (AvgIpc) is 2.71. The number of amides is 2. The first-order valence-corrected chi connectivity index (χ1v) is 9.19. The van der Waals surface area contributed by atoms with Crippen LogP contribution >= 0.6 is 0 Å². The first kappa shape index (κ1) is 20.9. The highest BCUT2D eigenvalue weighted by Crippen LogP contribution is 2.07. The fraction of sp³-hybridized carbons (Fsp3) is 0.227. The van der Waals surface area contributed by atoms with Gasteiger partial charge >= 0.3 is 5.97 Å². The molecule has 2 rings (SSSR count). The Morgan fingerprint density at radius 2 is 1.50 bits per heavy atom. The number of nitrogens with one attached hydrogen (secondary N) is 2. The van der Waals surface area contributed by atoms with Gasteiger partial charge in [-0.05, 0) is 36.6 Å². The zero-order chi connectivity index (χ0) is 20.2. The molecule has 0 atom stereocenters. The van der Waals surface area contributed by atoms with Gasteiger partial charge in [-0.15, -0.1) is 0 Å². The molecular formula is C22H24N2O4. The topological polar surface area (TPSA) is 95.5 Å². The molecule has 0 bridgehead atoms. The predicted molar refractivity (Wildman–Crippen MR) is 107 cm³/mol. The van der Waals surface area contributed by atoms with E-state index in [0.29, 0.717) is 31.4 Å². The molecule has 0 aliphatic carbocycles. The van der Waals surface area contributed by atoms with Crippen LogP contribution in [0.15, 0.2) is 66.4 Å². The number of carboxylic acids is 1. The van der Waals surface area contributed by atoms with E-state index in [-0.39, 0.29) is 23.9 Å². The largest absolute Gasteiger partial charge is 0.481 e. The molecule has 0 aliphatic rings. The van der Waals surface area contributed by atoms with E-state index in [1.165, 1.54) is 0 Å². The molecule has 6 heteroatoms. The zero-order valence-electron chi connectivity index (χ0n) is 15.6. The molecule has 3 N–H and O–H groups in total. The summed E-state index contributed by atoms with van der Waals surface area (Å²) in [6.07, 6.45) is 3.70. The summed E-state index contributed by atoms with van der Waals surface area (Å²) in [5.41, 5.74) is 1.41. The Labute approximate surface area is 164 Å². The van der Waals surface area contributed by atoms with E-state index in [1.54, 1.807) is 30.3 Å². The van der Waals surface area contributed by atoms with Gasteiger partial charge < -0.3 is 15.7 Å². The van der Waals surface area contributed by atoms with Gasteiger partial charge in [0.2, 0.25) is 0 Å². The summed E-state index contributed by atoms with van der Waals surface area (Å²) < 4.78 is 0. The molecule has 146 valence electrons. The van der Waals surface area contributed by atoms with E-state index in [9.17, 15) is 14.4 Å². The first-order valence-electron chi connectivity index (χ1n) is 9.19. The average molecular weight is 380 g/mol. The van der Waals surface area contributed by atoms with Crippen molar-refractivity contribution in [2.75, 3.05) is 6.54 Å². The molecule has 28 heavy (non-hydrogen) atoms. The number of carbonyl (C=O) groups excluding carboxylic acids is 2. The molecule has 2 aromatic carbocycles. The SMILES string of the molecule is O=C(O)CCCCCNC(=O)/C(=C\c1ccccc1)NC(=O)c1ccccc1.